The van der Waals surface area contributed by atoms with Gasteiger partial charge in [-0.1, -0.05) is 12.8 Å². The van der Waals surface area contributed by atoms with E-state index >= 15 is 0 Å². The van der Waals surface area contributed by atoms with Crippen molar-refractivity contribution in [1.82, 2.24) is 29.9 Å². The lowest BCUT2D eigenvalue weighted by atomic mass is 10.2. The highest BCUT2D eigenvalue weighted by atomic mass is 35.5. The van der Waals surface area contributed by atoms with Crippen LogP contribution in [-0.2, 0) is 0 Å². The third kappa shape index (κ3) is 6.76. The molecule has 0 atom stereocenters. The third-order valence-corrected chi connectivity index (χ3v) is 3.45. The maximum atomic E-state index is 5.79. The molecule has 0 fully saturated rings. The molecule has 2 heterocycles. The first-order valence-electron chi connectivity index (χ1n) is 7.77. The van der Waals surface area contributed by atoms with Gasteiger partial charge in [-0.2, -0.15) is 19.9 Å². The Labute approximate surface area is 150 Å². The minimum Gasteiger partial charge on any atom is -0.354 e. The van der Waals surface area contributed by atoms with Gasteiger partial charge in [-0.15, -0.1) is 0 Å². The first kappa shape index (κ1) is 18.5. The van der Waals surface area contributed by atoms with E-state index in [0.29, 0.717) is 23.5 Å². The van der Waals surface area contributed by atoms with Crippen LogP contribution in [0.1, 0.15) is 37.3 Å². The fourth-order valence-electron chi connectivity index (χ4n) is 2.06. The Hall–Kier alpha value is -1.80. The van der Waals surface area contributed by atoms with Gasteiger partial charge in [0.25, 0.3) is 0 Å². The highest BCUT2D eigenvalue weighted by Gasteiger charge is 2.02. The molecule has 0 aromatic carbocycles. The molecule has 0 saturated heterocycles. The van der Waals surface area contributed by atoms with Crippen LogP contribution in [0.4, 0.5) is 11.9 Å². The van der Waals surface area contributed by atoms with Crippen LogP contribution in [0.2, 0.25) is 10.6 Å². The fraction of sp³-hybridized carbons (Fsp3) is 0.571. The molecule has 24 heavy (non-hydrogen) atoms. The fourth-order valence-corrected chi connectivity index (χ4v) is 2.47. The Morgan fingerprint density at radius 2 is 1.04 bits per heavy atom. The van der Waals surface area contributed by atoms with Gasteiger partial charge < -0.3 is 10.6 Å². The Morgan fingerprint density at radius 3 is 1.42 bits per heavy atom. The summed E-state index contributed by atoms with van der Waals surface area (Å²) in [6, 6.07) is 0. The van der Waals surface area contributed by atoms with Gasteiger partial charge in [0.2, 0.25) is 22.5 Å². The summed E-state index contributed by atoms with van der Waals surface area (Å²) in [6.07, 6.45) is 4.25. The van der Waals surface area contributed by atoms with Crippen LogP contribution in [0.15, 0.2) is 0 Å². The van der Waals surface area contributed by atoms with Crippen molar-refractivity contribution in [2.45, 2.75) is 39.5 Å². The van der Waals surface area contributed by atoms with E-state index < -0.39 is 0 Å². The summed E-state index contributed by atoms with van der Waals surface area (Å²) in [4.78, 5) is 24.2. The smallest absolute Gasteiger partial charge is 0.227 e. The summed E-state index contributed by atoms with van der Waals surface area (Å²) < 4.78 is 0. The Bertz CT molecular complexity index is 569. The number of aryl methyl sites for hydroxylation is 2. The molecule has 0 aliphatic rings. The van der Waals surface area contributed by atoms with E-state index in [1.165, 1.54) is 0 Å². The SMILES string of the molecule is Cc1nc(Cl)nc(NCCCCCCNc2nc(C)nc(Cl)n2)n1. The Kier molecular flexibility index (Phi) is 7.33. The number of nitrogens with one attached hydrogen (secondary N) is 2. The van der Waals surface area contributed by atoms with Crippen molar-refractivity contribution >= 4 is 35.1 Å². The summed E-state index contributed by atoms with van der Waals surface area (Å²) in [5, 5.41) is 6.73. The van der Waals surface area contributed by atoms with Crippen molar-refractivity contribution in [2.75, 3.05) is 23.7 Å². The second-order valence-electron chi connectivity index (χ2n) is 5.22. The Morgan fingerprint density at radius 1 is 0.625 bits per heavy atom. The number of hydrogen-bond donors (Lipinski definition) is 2. The number of halogens is 2. The molecule has 2 aromatic heterocycles. The molecular weight excluding hydrogens is 351 g/mol. The molecule has 8 nitrogen and oxygen atoms in total. The Balaban J connectivity index is 1.55. The van der Waals surface area contributed by atoms with Crippen LogP contribution in [-0.4, -0.2) is 43.0 Å². The van der Waals surface area contributed by atoms with Crippen LogP contribution < -0.4 is 10.6 Å². The zero-order valence-corrected chi connectivity index (χ0v) is 15.2. The van der Waals surface area contributed by atoms with Gasteiger partial charge in [0.15, 0.2) is 0 Å². The molecule has 0 aliphatic heterocycles. The highest BCUT2D eigenvalue weighted by molar-refractivity contribution is 6.28. The van der Waals surface area contributed by atoms with Crippen molar-refractivity contribution < 1.29 is 0 Å². The molecule has 0 saturated carbocycles. The molecule has 0 bridgehead atoms. The molecule has 2 aromatic rings. The molecule has 0 amide bonds. The molecular formula is C14H20Cl2N8. The average molecular weight is 371 g/mol. The van der Waals surface area contributed by atoms with E-state index in [4.69, 9.17) is 23.2 Å². The van der Waals surface area contributed by atoms with Gasteiger partial charge in [0.05, 0.1) is 0 Å². The average Bonchev–Trinajstić information content (AvgIpc) is 2.48. The first-order valence-corrected chi connectivity index (χ1v) is 8.52. The lowest BCUT2D eigenvalue weighted by molar-refractivity contribution is 0.667. The number of hydrogen-bond acceptors (Lipinski definition) is 8. The van der Waals surface area contributed by atoms with E-state index in [1.807, 2.05) is 0 Å². The molecule has 0 unspecified atom stereocenters. The summed E-state index contributed by atoms with van der Waals surface area (Å²) in [5.74, 6) is 2.27. The van der Waals surface area contributed by atoms with Crippen LogP contribution in [0.5, 0.6) is 0 Å². The third-order valence-electron chi connectivity index (χ3n) is 3.11. The normalized spacial score (nSPS) is 10.7. The number of unbranched alkanes of at least 4 members (excludes halogenated alkanes) is 3. The molecule has 0 spiro atoms. The van der Waals surface area contributed by atoms with E-state index in [-0.39, 0.29) is 10.6 Å². The van der Waals surface area contributed by atoms with Gasteiger partial charge in [-0.25, -0.2) is 9.97 Å². The monoisotopic (exact) mass is 370 g/mol. The summed E-state index contributed by atoms with van der Waals surface area (Å²) >= 11 is 11.6. The maximum Gasteiger partial charge on any atom is 0.227 e. The molecule has 2 N–H and O–H groups in total. The van der Waals surface area contributed by atoms with E-state index in [2.05, 4.69) is 40.5 Å². The van der Waals surface area contributed by atoms with Crippen molar-refractivity contribution in [1.29, 1.82) is 0 Å². The number of anilines is 2. The van der Waals surface area contributed by atoms with Crippen LogP contribution in [0.3, 0.4) is 0 Å². The summed E-state index contributed by atoms with van der Waals surface area (Å²) in [5.41, 5.74) is 0. The second kappa shape index (κ2) is 9.48. The second-order valence-corrected chi connectivity index (χ2v) is 5.89. The number of aromatic nitrogens is 6. The number of rotatable bonds is 9. The maximum absolute atomic E-state index is 5.79. The lowest BCUT2D eigenvalue weighted by Gasteiger charge is -2.07. The molecule has 130 valence electrons. The van der Waals surface area contributed by atoms with Gasteiger partial charge in [-0.3, -0.25) is 0 Å². The minimum absolute atomic E-state index is 0.213. The molecule has 0 radical (unpaired) electrons. The highest BCUT2D eigenvalue weighted by Crippen LogP contribution is 2.08. The van der Waals surface area contributed by atoms with Gasteiger partial charge in [-0.05, 0) is 49.9 Å². The first-order chi connectivity index (χ1) is 11.5. The topological polar surface area (TPSA) is 101 Å². The standard InChI is InChI=1S/C14H20Cl2N8/c1-9-19-11(15)23-13(21-9)17-7-5-3-4-6-8-18-14-22-10(2)20-12(16)24-14/h3-8H2,1-2H3,(H,17,19,21,23)(H,18,20,22,24). The lowest BCUT2D eigenvalue weighted by Crippen LogP contribution is -2.08. The molecule has 10 heteroatoms. The zero-order valence-electron chi connectivity index (χ0n) is 13.7. The van der Waals surface area contributed by atoms with Crippen LogP contribution >= 0.6 is 23.2 Å². The minimum atomic E-state index is 0.213. The van der Waals surface area contributed by atoms with E-state index in [9.17, 15) is 0 Å². The molecule has 2 rings (SSSR count). The predicted octanol–water partition coefficient (Wildman–Crippen LogP) is 3.06. The van der Waals surface area contributed by atoms with Crippen LogP contribution in [0, 0.1) is 13.8 Å². The van der Waals surface area contributed by atoms with Gasteiger partial charge in [0.1, 0.15) is 11.6 Å². The van der Waals surface area contributed by atoms with Crippen molar-refractivity contribution in [3.63, 3.8) is 0 Å². The number of nitrogens with zero attached hydrogens (tertiary/aromatic N) is 6. The van der Waals surface area contributed by atoms with Crippen molar-refractivity contribution in [2.24, 2.45) is 0 Å². The van der Waals surface area contributed by atoms with Gasteiger partial charge in [0, 0.05) is 13.1 Å². The van der Waals surface area contributed by atoms with E-state index in [1.54, 1.807) is 13.8 Å². The van der Waals surface area contributed by atoms with Gasteiger partial charge >= 0.3 is 0 Å². The largest absolute Gasteiger partial charge is 0.354 e. The van der Waals surface area contributed by atoms with Crippen molar-refractivity contribution in [3.05, 3.63) is 22.2 Å². The summed E-state index contributed by atoms with van der Waals surface area (Å²) in [6.45, 7) is 5.17. The molecule has 0 aliphatic carbocycles. The predicted molar refractivity (Wildman–Crippen MR) is 94.6 cm³/mol. The van der Waals surface area contributed by atoms with Crippen LogP contribution in [0.25, 0.3) is 0 Å². The quantitative estimate of drug-likeness (QED) is 0.649. The zero-order chi connectivity index (χ0) is 17.4. The van der Waals surface area contributed by atoms with Crippen molar-refractivity contribution in [3.8, 4) is 0 Å². The summed E-state index contributed by atoms with van der Waals surface area (Å²) in [7, 11) is 0. The van der Waals surface area contributed by atoms with E-state index in [0.717, 1.165) is 38.8 Å².